The zero-order valence-corrected chi connectivity index (χ0v) is 25.2. The van der Waals surface area contributed by atoms with E-state index in [-0.39, 0.29) is 42.5 Å². The average Bonchev–Trinajstić information content (AvgIpc) is 3.17. The van der Waals surface area contributed by atoms with Gasteiger partial charge in [-0.2, -0.15) is 0 Å². The van der Waals surface area contributed by atoms with Crippen molar-refractivity contribution >= 4 is 38.5 Å². The molecule has 0 aliphatic heterocycles. The summed E-state index contributed by atoms with van der Waals surface area (Å²) in [6.07, 6.45) is 3.02. The first-order chi connectivity index (χ1) is 17.4. The van der Waals surface area contributed by atoms with Crippen molar-refractivity contribution in [3.8, 4) is 11.3 Å². The second kappa shape index (κ2) is 9.80. The van der Waals surface area contributed by atoms with Gasteiger partial charge in [-0.25, -0.2) is 0 Å². The molecule has 6 rings (SSSR count). The van der Waals surface area contributed by atoms with Crippen LogP contribution in [0.5, 0.6) is 0 Å². The Hall–Kier alpha value is -3.27. The molecule has 2 heterocycles. The van der Waals surface area contributed by atoms with Crippen molar-refractivity contribution in [1.29, 1.82) is 0 Å². The van der Waals surface area contributed by atoms with Crippen molar-refractivity contribution < 1.29 is 34.4 Å². The molecule has 0 atom stereocenters. The molecule has 1 aliphatic carbocycles. The Balaban J connectivity index is 0.000000375. The average molecular weight is 683 g/mol. The van der Waals surface area contributed by atoms with Crippen LogP contribution in [0.3, 0.4) is 0 Å². The van der Waals surface area contributed by atoms with Gasteiger partial charge in [0.1, 0.15) is 11.2 Å². The van der Waals surface area contributed by atoms with Crippen LogP contribution in [-0.4, -0.2) is 15.9 Å². The molecular formula is C33H32IrNO3-. The molecule has 2 aromatic heterocycles. The van der Waals surface area contributed by atoms with E-state index in [1.54, 1.807) is 0 Å². The molecular weight excluding hydrogens is 651 g/mol. The molecule has 1 radical (unpaired) electrons. The Kier molecular flexibility index (Phi) is 7.16. The van der Waals surface area contributed by atoms with Gasteiger partial charge in [0.25, 0.3) is 0 Å². The molecule has 0 saturated carbocycles. The molecule has 0 unspecified atom stereocenters. The number of aromatic nitrogens is 1. The van der Waals surface area contributed by atoms with Crippen LogP contribution in [0, 0.1) is 6.07 Å². The summed E-state index contributed by atoms with van der Waals surface area (Å²) in [5.41, 5.74) is 7.68. The van der Waals surface area contributed by atoms with E-state index in [1.165, 1.54) is 47.4 Å². The minimum atomic E-state index is -0.200. The molecule has 38 heavy (non-hydrogen) atoms. The van der Waals surface area contributed by atoms with Gasteiger partial charge in [-0.15, -0.1) is 23.6 Å². The van der Waals surface area contributed by atoms with Crippen LogP contribution in [0.15, 0.2) is 71.0 Å². The number of allylic oxidation sites excluding steroid dienone is 2. The third-order valence-electron chi connectivity index (χ3n) is 7.15. The minimum absolute atomic E-state index is 0. The quantitative estimate of drug-likeness (QED) is 0.109. The van der Waals surface area contributed by atoms with Crippen LogP contribution in [0.4, 0.5) is 0 Å². The SMILES string of the molecule is CC(=O)/C=C(/C)O.CC(C)(C)c1ccc2[c-]c3c(cc2c1)C(C)(C)c1cccc2oc4ccnc-3c4c12.[Ir]. The number of ketones is 1. The molecule has 1 N–H and O–H groups in total. The largest absolute Gasteiger partial charge is 0.512 e. The van der Waals surface area contributed by atoms with Crippen LogP contribution in [0.25, 0.3) is 44.0 Å². The Morgan fingerprint density at radius 1 is 1.00 bits per heavy atom. The van der Waals surface area contributed by atoms with Crippen LogP contribution in [0.2, 0.25) is 0 Å². The van der Waals surface area contributed by atoms with Gasteiger partial charge in [0.2, 0.25) is 0 Å². The molecule has 197 valence electrons. The van der Waals surface area contributed by atoms with Gasteiger partial charge in [0.05, 0.1) is 5.76 Å². The summed E-state index contributed by atoms with van der Waals surface area (Å²) in [7, 11) is 0. The fraction of sp³-hybridized carbons (Fsp3) is 0.273. The maximum Gasteiger partial charge on any atom is 0.155 e. The number of nitrogens with zero attached hydrogens (tertiary/aromatic N) is 1. The number of carbonyl (C=O) groups excluding carboxylic acids is 1. The minimum Gasteiger partial charge on any atom is -0.512 e. The Morgan fingerprint density at radius 3 is 2.34 bits per heavy atom. The van der Waals surface area contributed by atoms with E-state index in [0.717, 1.165) is 33.2 Å². The van der Waals surface area contributed by atoms with Crippen LogP contribution in [0.1, 0.15) is 65.2 Å². The fourth-order valence-electron chi connectivity index (χ4n) is 5.28. The predicted octanol–water partition coefficient (Wildman–Crippen LogP) is 8.57. The van der Waals surface area contributed by atoms with Gasteiger partial charge in [-0.3, -0.25) is 9.78 Å². The third-order valence-corrected chi connectivity index (χ3v) is 7.15. The van der Waals surface area contributed by atoms with Gasteiger partial charge >= 0.3 is 0 Å². The van der Waals surface area contributed by atoms with Crippen LogP contribution in [-0.2, 0) is 35.7 Å². The smallest absolute Gasteiger partial charge is 0.155 e. The summed E-state index contributed by atoms with van der Waals surface area (Å²) in [5.74, 6) is -0.0625. The number of rotatable bonds is 1. The first-order valence-corrected chi connectivity index (χ1v) is 12.6. The van der Waals surface area contributed by atoms with Gasteiger partial charge in [-0.05, 0) is 42.4 Å². The van der Waals surface area contributed by atoms with Gasteiger partial charge in [-0.1, -0.05) is 81.0 Å². The van der Waals surface area contributed by atoms with Crippen LogP contribution >= 0.6 is 0 Å². The monoisotopic (exact) mass is 683 g/mol. The second-order valence-electron chi connectivity index (χ2n) is 11.4. The number of hydrogen-bond acceptors (Lipinski definition) is 4. The fourth-order valence-corrected chi connectivity index (χ4v) is 5.28. The number of carbonyl (C=O) groups is 1. The van der Waals surface area contributed by atoms with E-state index in [4.69, 9.17) is 14.5 Å². The van der Waals surface area contributed by atoms with Crippen molar-refractivity contribution in [2.75, 3.05) is 0 Å². The normalized spacial score (nSPS) is 14.0. The summed E-state index contributed by atoms with van der Waals surface area (Å²) in [5, 5.41) is 13.0. The summed E-state index contributed by atoms with van der Waals surface area (Å²) in [6.45, 7) is 14.2. The molecule has 5 aromatic rings. The standard InChI is InChI=1S/C28H24NO.C5H8O2.Ir/c1-27(2,3)18-10-9-16-14-19-21(15-17(16)13-18)28(4,5)20-7-6-8-22-24(20)25-23(30-22)11-12-29-26(19)25;1-4(6)3-5(2)7;/h6-13,15H,1-5H3;3,6H,1-2H3;/q-1;;/b;4-3-;. The molecule has 4 nitrogen and oxygen atoms in total. The van der Waals surface area contributed by atoms with Crippen molar-refractivity contribution in [3.05, 3.63) is 89.3 Å². The van der Waals surface area contributed by atoms with Gasteiger partial charge in [0.15, 0.2) is 5.78 Å². The number of benzene rings is 3. The van der Waals surface area contributed by atoms with E-state index >= 15 is 0 Å². The summed E-state index contributed by atoms with van der Waals surface area (Å²) < 4.78 is 6.20. The number of fused-ring (bicyclic) bond motifs is 3. The molecule has 1 aliphatic rings. The van der Waals surface area contributed by atoms with E-state index in [1.807, 2.05) is 12.3 Å². The first kappa shape index (κ1) is 27.8. The van der Waals surface area contributed by atoms with E-state index in [2.05, 4.69) is 83.1 Å². The molecule has 5 heteroatoms. The number of pyridine rings is 1. The number of furan rings is 1. The van der Waals surface area contributed by atoms with Crippen molar-refractivity contribution in [1.82, 2.24) is 4.98 Å². The summed E-state index contributed by atoms with van der Waals surface area (Å²) >= 11 is 0. The molecule has 0 bridgehead atoms. The maximum absolute atomic E-state index is 10.0. The zero-order chi connectivity index (χ0) is 26.7. The van der Waals surface area contributed by atoms with Crippen molar-refractivity contribution in [3.63, 3.8) is 0 Å². The third kappa shape index (κ3) is 4.70. The Morgan fingerprint density at radius 2 is 1.71 bits per heavy atom. The molecule has 0 fully saturated rings. The zero-order valence-electron chi connectivity index (χ0n) is 22.8. The second-order valence-corrected chi connectivity index (χ2v) is 11.4. The van der Waals surface area contributed by atoms with Crippen molar-refractivity contribution in [2.45, 2.75) is 59.3 Å². The first-order valence-electron chi connectivity index (χ1n) is 12.6. The topological polar surface area (TPSA) is 63.3 Å². The molecule has 0 spiro atoms. The molecule has 0 saturated heterocycles. The molecule has 0 amide bonds. The van der Waals surface area contributed by atoms with E-state index in [9.17, 15) is 4.79 Å². The number of aliphatic hydroxyl groups excluding tert-OH is 1. The molecule has 3 aromatic carbocycles. The summed E-state index contributed by atoms with van der Waals surface area (Å²) in [4.78, 5) is 14.8. The number of hydrogen-bond donors (Lipinski definition) is 1. The Bertz CT molecular complexity index is 1730. The van der Waals surface area contributed by atoms with Gasteiger partial charge < -0.3 is 9.52 Å². The van der Waals surface area contributed by atoms with Crippen LogP contribution < -0.4 is 0 Å². The van der Waals surface area contributed by atoms with E-state index < -0.39 is 0 Å². The maximum atomic E-state index is 10.0. The van der Waals surface area contributed by atoms with Crippen molar-refractivity contribution in [2.24, 2.45) is 0 Å². The van der Waals surface area contributed by atoms with E-state index in [0.29, 0.717) is 0 Å². The predicted molar refractivity (Wildman–Crippen MR) is 151 cm³/mol. The van der Waals surface area contributed by atoms with Gasteiger partial charge in [0, 0.05) is 48.8 Å². The summed E-state index contributed by atoms with van der Waals surface area (Å²) in [6, 6.07) is 21.2. The number of aliphatic hydroxyl groups is 1. The Labute approximate surface area is 237 Å².